The lowest BCUT2D eigenvalue weighted by Gasteiger charge is -2.63. The minimum atomic E-state index is -1.11. The summed E-state index contributed by atoms with van der Waals surface area (Å²) in [6.45, 7) is 7.26. The van der Waals surface area contributed by atoms with E-state index in [1.54, 1.807) is 13.0 Å². The van der Waals surface area contributed by atoms with Gasteiger partial charge in [-0.05, 0) is 12.8 Å². The third kappa shape index (κ3) is 1.76. The Kier molecular flexibility index (Phi) is 3.39. The second kappa shape index (κ2) is 4.93. The molecule has 6 heteroatoms. The molecule has 0 aromatic carbocycles. The number of ether oxygens (including phenoxy) is 1. The Morgan fingerprint density at radius 2 is 1.84 bits per heavy atom. The van der Waals surface area contributed by atoms with Crippen LogP contribution in [0, 0.1) is 34.5 Å². The molecule has 3 fully saturated rings. The predicted octanol–water partition coefficient (Wildman–Crippen LogP) is 0.438. The van der Waals surface area contributed by atoms with Gasteiger partial charge in [-0.15, -0.1) is 0 Å². The lowest BCUT2D eigenvalue weighted by molar-refractivity contribution is -0.219. The monoisotopic (exact) mass is 350 g/mol. The molecule has 0 unspecified atom stereocenters. The Hall–Kier alpha value is -1.24. The summed E-state index contributed by atoms with van der Waals surface area (Å²) in [4.78, 5) is 25.7. The van der Waals surface area contributed by atoms with Gasteiger partial charge in [0.15, 0.2) is 0 Å². The molecule has 2 bridgehead atoms. The molecule has 2 saturated carbocycles. The molecule has 3 N–H and O–H groups in total. The van der Waals surface area contributed by atoms with E-state index in [0.717, 1.165) is 5.57 Å². The topological polar surface area (TPSA) is 104 Å². The summed E-state index contributed by atoms with van der Waals surface area (Å²) >= 11 is 0. The van der Waals surface area contributed by atoms with E-state index < -0.39 is 53.1 Å². The highest BCUT2D eigenvalue weighted by molar-refractivity contribution is 5.93. The van der Waals surface area contributed by atoms with Crippen LogP contribution in [0.4, 0.5) is 0 Å². The van der Waals surface area contributed by atoms with Crippen LogP contribution in [0.3, 0.4) is 0 Å². The molecule has 3 aliphatic carbocycles. The molecular weight excluding hydrogens is 324 g/mol. The van der Waals surface area contributed by atoms with Crippen molar-refractivity contribution in [3.05, 3.63) is 11.6 Å². The van der Waals surface area contributed by atoms with Gasteiger partial charge in [-0.2, -0.15) is 0 Å². The van der Waals surface area contributed by atoms with Crippen molar-refractivity contribution in [3.8, 4) is 0 Å². The summed E-state index contributed by atoms with van der Waals surface area (Å²) in [5.74, 6) is -2.30. The first-order valence-corrected chi connectivity index (χ1v) is 9.02. The molecule has 0 amide bonds. The zero-order chi connectivity index (χ0) is 18.5. The van der Waals surface area contributed by atoms with E-state index in [9.17, 15) is 24.9 Å². The molecule has 0 spiro atoms. The number of ketones is 1. The van der Waals surface area contributed by atoms with Gasteiger partial charge in [0.2, 0.25) is 0 Å². The molecule has 4 aliphatic rings. The van der Waals surface area contributed by atoms with E-state index >= 15 is 0 Å². The zero-order valence-electron chi connectivity index (χ0n) is 15.0. The average molecular weight is 350 g/mol. The van der Waals surface area contributed by atoms with Crippen molar-refractivity contribution in [1.29, 1.82) is 0 Å². The molecule has 1 heterocycles. The number of esters is 1. The molecule has 6 nitrogen and oxygen atoms in total. The van der Waals surface area contributed by atoms with E-state index in [2.05, 4.69) is 0 Å². The second-order valence-corrected chi connectivity index (χ2v) is 8.88. The maximum atomic E-state index is 13.2. The third-order valence-electron chi connectivity index (χ3n) is 7.88. The van der Waals surface area contributed by atoms with Crippen LogP contribution in [-0.2, 0) is 14.3 Å². The third-order valence-corrected chi connectivity index (χ3v) is 7.88. The van der Waals surface area contributed by atoms with E-state index in [4.69, 9.17) is 4.74 Å². The zero-order valence-corrected chi connectivity index (χ0v) is 15.0. The summed E-state index contributed by atoms with van der Waals surface area (Å²) in [6, 6.07) is 0. The first-order valence-electron chi connectivity index (χ1n) is 9.02. The summed E-state index contributed by atoms with van der Waals surface area (Å²) in [7, 11) is 0. The molecule has 25 heavy (non-hydrogen) atoms. The van der Waals surface area contributed by atoms with Crippen molar-refractivity contribution in [2.24, 2.45) is 34.5 Å². The van der Waals surface area contributed by atoms with Gasteiger partial charge in [-0.3, -0.25) is 9.59 Å². The fourth-order valence-corrected chi connectivity index (χ4v) is 6.72. The van der Waals surface area contributed by atoms with Gasteiger partial charge in [-0.1, -0.05) is 32.4 Å². The van der Waals surface area contributed by atoms with Crippen LogP contribution in [0.2, 0.25) is 0 Å². The van der Waals surface area contributed by atoms with Crippen molar-refractivity contribution in [3.63, 3.8) is 0 Å². The summed E-state index contributed by atoms with van der Waals surface area (Å²) in [5, 5.41) is 32.3. The predicted molar refractivity (Wildman–Crippen MR) is 87.1 cm³/mol. The van der Waals surface area contributed by atoms with Crippen molar-refractivity contribution in [1.82, 2.24) is 0 Å². The van der Waals surface area contributed by atoms with E-state index in [-0.39, 0.29) is 24.0 Å². The molecular formula is C19H26O6. The minimum absolute atomic E-state index is 0.0653. The number of aliphatic hydroxyl groups is 3. The average Bonchev–Trinajstić information content (AvgIpc) is 2.78. The molecule has 1 aliphatic heterocycles. The standard InChI is InChI=1S/C19H26O6/c1-7-5-10(20)16(23)18(3)9(7)6-11(21)19(4)12-8(2)14(25-17(12)24)13(22)15(18)19/h5,8-10,12-16,20,22-23H,6H2,1-4H3/t8-,9+,10+,12-,13+,14-,15-,16-,18+,19+/m1/s1. The number of hydrogen-bond donors (Lipinski definition) is 3. The largest absolute Gasteiger partial charge is 0.459 e. The number of rotatable bonds is 0. The Morgan fingerprint density at radius 3 is 2.48 bits per heavy atom. The molecule has 4 rings (SSSR count). The fraction of sp³-hybridized carbons (Fsp3) is 0.789. The SMILES string of the molecule is CC1=C[C@H](O)[C@@H](O)[C@@]2(C)[C@H]1CC(=O)[C@@]1(C)[C@H]3C(=O)O[C@H]([C@@H]3C)[C@H](O)[C@@H]12. The number of allylic oxidation sites excluding steroid dienone is 1. The van der Waals surface area contributed by atoms with Crippen LogP contribution in [0.15, 0.2) is 11.6 Å². The number of hydrogen-bond acceptors (Lipinski definition) is 6. The van der Waals surface area contributed by atoms with Crippen LogP contribution in [0.1, 0.15) is 34.1 Å². The van der Waals surface area contributed by atoms with Gasteiger partial charge in [0.05, 0.1) is 24.2 Å². The minimum Gasteiger partial charge on any atom is -0.459 e. The second-order valence-electron chi connectivity index (χ2n) is 8.88. The first kappa shape index (κ1) is 17.2. The summed E-state index contributed by atoms with van der Waals surface area (Å²) < 4.78 is 5.43. The van der Waals surface area contributed by atoms with E-state index in [0.29, 0.717) is 0 Å². The summed E-state index contributed by atoms with van der Waals surface area (Å²) in [5.41, 5.74) is -1.17. The Bertz CT molecular complexity index is 685. The molecule has 0 aromatic rings. The fourth-order valence-electron chi connectivity index (χ4n) is 6.72. The first-order chi connectivity index (χ1) is 11.6. The number of carbonyl (C=O) groups is 2. The number of fused-ring (bicyclic) bond motifs is 6. The Labute approximate surface area is 146 Å². The van der Waals surface area contributed by atoms with Gasteiger partial charge in [0.1, 0.15) is 11.9 Å². The van der Waals surface area contributed by atoms with Crippen LogP contribution in [0.5, 0.6) is 0 Å². The summed E-state index contributed by atoms with van der Waals surface area (Å²) in [6.07, 6.45) is -2.10. The highest BCUT2D eigenvalue weighted by atomic mass is 16.6. The molecule has 0 aromatic heterocycles. The Morgan fingerprint density at radius 1 is 1.20 bits per heavy atom. The van der Waals surface area contributed by atoms with E-state index in [1.165, 1.54) is 0 Å². The number of Topliss-reactive ketones (excluding diaryl/α,β-unsaturated/α-hetero) is 1. The van der Waals surface area contributed by atoms with Gasteiger partial charge >= 0.3 is 5.97 Å². The van der Waals surface area contributed by atoms with Crippen LogP contribution >= 0.6 is 0 Å². The smallest absolute Gasteiger partial charge is 0.310 e. The van der Waals surface area contributed by atoms with Crippen molar-refractivity contribution in [2.75, 3.05) is 0 Å². The Balaban J connectivity index is 1.94. The quantitative estimate of drug-likeness (QED) is 0.433. The maximum absolute atomic E-state index is 13.2. The molecule has 1 saturated heterocycles. The van der Waals surface area contributed by atoms with Crippen LogP contribution < -0.4 is 0 Å². The van der Waals surface area contributed by atoms with Gasteiger partial charge in [0, 0.05) is 29.1 Å². The van der Waals surface area contributed by atoms with Gasteiger partial charge in [0.25, 0.3) is 0 Å². The lowest BCUT2D eigenvalue weighted by Crippen LogP contribution is -2.70. The van der Waals surface area contributed by atoms with Crippen LogP contribution in [-0.4, -0.2) is 51.5 Å². The van der Waals surface area contributed by atoms with E-state index in [1.807, 2.05) is 20.8 Å². The normalized spacial score (nSPS) is 57.5. The van der Waals surface area contributed by atoms with Gasteiger partial charge < -0.3 is 20.1 Å². The van der Waals surface area contributed by atoms with Crippen molar-refractivity contribution < 1.29 is 29.6 Å². The van der Waals surface area contributed by atoms with Crippen molar-refractivity contribution >= 4 is 11.8 Å². The van der Waals surface area contributed by atoms with Crippen LogP contribution in [0.25, 0.3) is 0 Å². The molecule has 10 atom stereocenters. The van der Waals surface area contributed by atoms with Crippen molar-refractivity contribution in [2.45, 2.75) is 58.5 Å². The maximum Gasteiger partial charge on any atom is 0.310 e. The molecule has 138 valence electrons. The molecule has 0 radical (unpaired) electrons. The van der Waals surface area contributed by atoms with Gasteiger partial charge in [-0.25, -0.2) is 0 Å². The number of aliphatic hydroxyl groups excluding tert-OH is 3. The lowest BCUT2D eigenvalue weighted by atomic mass is 9.40. The number of carbonyl (C=O) groups excluding carboxylic acids is 2. The highest BCUT2D eigenvalue weighted by Crippen LogP contribution is 2.66. The highest BCUT2D eigenvalue weighted by Gasteiger charge is 2.74.